The first kappa shape index (κ1) is 76.5. The van der Waals surface area contributed by atoms with Crippen LogP contribution in [0.25, 0.3) is 42.5 Å². The van der Waals surface area contributed by atoms with E-state index in [2.05, 4.69) is 42.5 Å². The number of rotatable bonds is 0. The first-order chi connectivity index (χ1) is 14.8. The minimum absolute atomic E-state index is 0. The fourth-order valence-corrected chi connectivity index (χ4v) is 0. The Bertz CT molecular complexity index is 116. The van der Waals surface area contributed by atoms with Gasteiger partial charge in [0.15, 0.2) is 0 Å². The number of nitrogens with zero attached hydrogens (tertiary/aromatic N) is 10. The number of hydrogen-bond donors (Lipinski definition) is 0. The molecule has 0 bridgehead atoms. The van der Waals surface area contributed by atoms with Crippen molar-refractivity contribution in [3.05, 3.63) is 52.9 Å². The van der Waals surface area contributed by atoms with Crippen LogP contribution >= 0.6 is 0 Å². The summed E-state index contributed by atoms with van der Waals surface area (Å²) >= 11 is 0. The topological polar surface area (TPSA) is 165 Å². The van der Waals surface area contributed by atoms with Gasteiger partial charge in [-0.1, -0.05) is 0 Å². The van der Waals surface area contributed by atoms with Crippen molar-refractivity contribution in [2.24, 2.45) is 0 Å². The first-order valence-electron chi connectivity index (χ1n) is 9.31. The van der Waals surface area contributed by atoms with Crippen molar-refractivity contribution in [3.8, 4) is 0 Å². The van der Waals surface area contributed by atoms with E-state index in [0.29, 0.717) is 0 Å². The van der Waals surface area contributed by atoms with E-state index in [9.17, 15) is 10.4 Å². The van der Waals surface area contributed by atoms with E-state index in [4.69, 9.17) is 0 Å². The molecule has 0 aromatic carbocycles. The van der Waals surface area contributed by atoms with E-state index < -0.39 is 0 Å². The maximum atomic E-state index is 9.36. The standard InChI is InChI=1S/2C2H6NO.8C2H6N.2Ta/c2*1-3(2)4;8*1-3-2;;/h2*1-2H3;8*1-2H3;;/q10*-1;2*+5. The van der Waals surface area contributed by atoms with Crippen LogP contribution in [-0.4, -0.2) is 151 Å². The van der Waals surface area contributed by atoms with E-state index in [-0.39, 0.29) is 44.8 Å². The molecule has 0 saturated carbocycles. The van der Waals surface area contributed by atoms with Gasteiger partial charge in [-0.05, 0) is 28.2 Å². The molecule has 0 radical (unpaired) electrons. The Morgan fingerprint density at radius 2 is 0.294 bits per heavy atom. The molecule has 0 aromatic rings. The summed E-state index contributed by atoms with van der Waals surface area (Å²) in [6.07, 6.45) is 0. The summed E-state index contributed by atoms with van der Waals surface area (Å²) in [7, 11) is 33.8. The third-order valence-corrected chi connectivity index (χ3v) is 0. The zero-order valence-corrected chi connectivity index (χ0v) is 32.6. The van der Waals surface area contributed by atoms with Gasteiger partial charge in [-0.25, -0.2) is 0 Å². The zero-order valence-electron chi connectivity index (χ0n) is 26.2. The van der Waals surface area contributed by atoms with Crippen molar-refractivity contribution in [2.45, 2.75) is 0 Å². The molecule has 0 fully saturated rings. The van der Waals surface area contributed by atoms with Crippen molar-refractivity contribution in [3.63, 3.8) is 0 Å². The third-order valence-electron chi connectivity index (χ3n) is 0. The van der Waals surface area contributed by atoms with Crippen LogP contribution in [0, 0.1) is 10.4 Å². The maximum Gasteiger partial charge on any atom is 5.00 e. The molecule has 0 N–H and O–H groups in total. The van der Waals surface area contributed by atoms with E-state index in [1.54, 1.807) is 113 Å². The SMILES string of the molecule is CN(C)[O-].CN(C)[O-].C[N-]C.C[N-]C.C[N-]C.C[N-]C.C[N-]C.C[N-]C.C[N-]C.C[N-]C.[Ta+5].[Ta+5]. The average Bonchev–Trinajstić information content (AvgIpc) is 2.59. The summed E-state index contributed by atoms with van der Waals surface area (Å²) in [5.74, 6) is 0. The van der Waals surface area contributed by atoms with Crippen LogP contribution in [0.5, 0.6) is 0 Å². The van der Waals surface area contributed by atoms with Gasteiger partial charge in [-0.3, -0.25) is 0 Å². The summed E-state index contributed by atoms with van der Waals surface area (Å²) in [5, 5.41) is 48.2. The van der Waals surface area contributed by atoms with Crippen LogP contribution in [0.2, 0.25) is 0 Å². The van der Waals surface area contributed by atoms with Crippen molar-refractivity contribution in [1.82, 2.24) is 10.1 Å². The second-order valence-electron chi connectivity index (χ2n) is 5.20. The molecule has 0 atom stereocenters. The quantitative estimate of drug-likeness (QED) is 0.312. The Balaban J connectivity index is -0.0000000158. The van der Waals surface area contributed by atoms with Crippen molar-refractivity contribution >= 4 is 0 Å². The summed E-state index contributed by atoms with van der Waals surface area (Å²) in [6.45, 7) is 0. The van der Waals surface area contributed by atoms with Crippen LogP contribution in [0.3, 0.4) is 0 Å². The minimum atomic E-state index is 0. The Morgan fingerprint density at radius 1 is 0.294 bits per heavy atom. The van der Waals surface area contributed by atoms with Crippen LogP contribution in [0.15, 0.2) is 0 Å². The van der Waals surface area contributed by atoms with Crippen LogP contribution in [0.1, 0.15) is 0 Å². The molecule has 0 aliphatic rings. The number of hydrogen-bond acceptors (Lipinski definition) is 4. The molecular weight excluding hydrogens is 774 g/mol. The molecule has 14 heteroatoms. The Kier molecular flexibility index (Phi) is 370. The smallest absolute Gasteiger partial charge is 0.785 e. The fraction of sp³-hybridized carbons (Fsp3) is 1.00. The third kappa shape index (κ3) is 33800. The molecule has 0 heterocycles. The second kappa shape index (κ2) is 165. The van der Waals surface area contributed by atoms with Crippen LogP contribution in [0.4, 0.5) is 0 Å². The summed E-state index contributed by atoms with van der Waals surface area (Å²) < 4.78 is 0. The fourth-order valence-electron chi connectivity index (χ4n) is 0. The molecule has 0 amide bonds. The monoisotopic (exact) mass is 834 g/mol. The Labute approximate surface area is 247 Å². The molecular formula is C20H60N10O2Ta2. The maximum absolute atomic E-state index is 9.36. The molecule has 34 heavy (non-hydrogen) atoms. The van der Waals surface area contributed by atoms with Crippen LogP contribution < -0.4 is 0 Å². The van der Waals surface area contributed by atoms with Gasteiger partial charge in [0, 0.05) is 0 Å². The predicted octanol–water partition coefficient (Wildman–Crippen LogP) is 5.04. The molecule has 12 nitrogen and oxygen atoms in total. The van der Waals surface area contributed by atoms with Crippen molar-refractivity contribution in [2.75, 3.05) is 141 Å². The van der Waals surface area contributed by atoms with Gasteiger partial charge in [-0.15, -0.1) is 0 Å². The summed E-state index contributed by atoms with van der Waals surface area (Å²) in [6, 6.07) is 0. The first-order valence-corrected chi connectivity index (χ1v) is 9.31. The van der Waals surface area contributed by atoms with Gasteiger partial charge in [0.1, 0.15) is 0 Å². The molecule has 0 aliphatic carbocycles. The van der Waals surface area contributed by atoms with Gasteiger partial charge >= 0.3 is 44.8 Å². The molecule has 212 valence electrons. The largest absolute Gasteiger partial charge is 5.00 e. The van der Waals surface area contributed by atoms with Gasteiger partial charge in [0.2, 0.25) is 0 Å². The van der Waals surface area contributed by atoms with Crippen molar-refractivity contribution in [1.29, 1.82) is 0 Å². The van der Waals surface area contributed by atoms with Gasteiger partial charge in [0.05, 0.1) is 0 Å². The molecule has 0 aromatic heterocycles. The van der Waals surface area contributed by atoms with E-state index in [1.807, 2.05) is 0 Å². The predicted molar refractivity (Wildman–Crippen MR) is 156 cm³/mol. The molecule has 0 rings (SSSR count). The summed E-state index contributed by atoms with van der Waals surface area (Å²) in [5.41, 5.74) is 0. The average molecular weight is 835 g/mol. The Morgan fingerprint density at radius 3 is 0.294 bits per heavy atom. The van der Waals surface area contributed by atoms with E-state index in [1.165, 1.54) is 28.2 Å². The summed E-state index contributed by atoms with van der Waals surface area (Å²) in [4.78, 5) is 0. The van der Waals surface area contributed by atoms with E-state index in [0.717, 1.165) is 10.1 Å². The van der Waals surface area contributed by atoms with Gasteiger partial charge in [0.25, 0.3) is 0 Å². The zero-order chi connectivity index (χ0) is 28.8. The van der Waals surface area contributed by atoms with Gasteiger partial charge < -0.3 is 63.1 Å². The van der Waals surface area contributed by atoms with Crippen LogP contribution in [-0.2, 0) is 44.8 Å². The minimum Gasteiger partial charge on any atom is -0.785 e. The second-order valence-corrected chi connectivity index (χ2v) is 5.20. The van der Waals surface area contributed by atoms with E-state index >= 15 is 0 Å². The number of hydroxylamine groups is 4. The molecule has 0 saturated heterocycles. The molecule has 0 spiro atoms. The normalized spacial score (nSPS) is 6.35. The molecule has 0 unspecified atom stereocenters. The van der Waals surface area contributed by atoms with Gasteiger partial charge in [-0.2, -0.15) is 113 Å². The van der Waals surface area contributed by atoms with Crippen molar-refractivity contribution < 1.29 is 44.8 Å². The molecule has 0 aliphatic heterocycles. The Hall–Kier alpha value is 1.00.